The second-order valence-electron chi connectivity index (χ2n) is 1.98. The van der Waals surface area contributed by atoms with Crippen LogP contribution in [0.25, 0.3) is 6.15 Å². The van der Waals surface area contributed by atoms with Crippen LogP contribution in [0, 0.1) is 0 Å². The van der Waals surface area contributed by atoms with Crippen molar-refractivity contribution in [1.29, 1.82) is 0 Å². The Morgan fingerprint density at radius 3 is 1.83 bits per heavy atom. The minimum Gasteiger partial charge on any atom is -0.693 e. The number of carbonyl (C=O) groups is 1. The van der Waals surface area contributed by atoms with Gasteiger partial charge in [-0.2, -0.15) is 0 Å². The summed E-state index contributed by atoms with van der Waals surface area (Å²) >= 11 is 0.810. The number of carboxylic acid groups (broad SMARTS) is 1. The molecule has 0 unspecified atom stereocenters. The third-order valence-electron chi connectivity index (χ3n) is 0.843. The second kappa shape index (κ2) is 8.68. The Balaban J connectivity index is 0. The number of carboxylic acids is 1. The Kier molecular flexibility index (Phi) is 10.2. The van der Waals surface area contributed by atoms with Crippen molar-refractivity contribution in [3.8, 4) is 0 Å². The molecule has 0 saturated carbocycles. The Hall–Kier alpha value is -0.415. The topological polar surface area (TPSA) is 73.6 Å². The normalized spacial score (nSPS) is 7.25. The summed E-state index contributed by atoms with van der Waals surface area (Å²) in [6.45, 7) is 0.972. The predicted molar refractivity (Wildman–Crippen MR) is 42.0 cm³/mol. The van der Waals surface area contributed by atoms with E-state index in [0.717, 1.165) is 33.0 Å². The van der Waals surface area contributed by atoms with Gasteiger partial charge >= 0.3 is 59.5 Å². The zero-order chi connectivity index (χ0) is 8.69. The smallest absolute Gasteiger partial charge is 0.693 e. The molecule has 0 radical (unpaired) electrons. The molecule has 0 aliphatic heterocycles. The molecule has 0 aliphatic rings. The molecule has 0 saturated heterocycles. The largest absolute Gasteiger partial charge is 0.693 e. The summed E-state index contributed by atoms with van der Waals surface area (Å²) in [7, 11) is 0. The first-order valence-corrected chi connectivity index (χ1v) is 5.92. The van der Waals surface area contributed by atoms with E-state index in [0.29, 0.717) is 0 Å². The van der Waals surface area contributed by atoms with E-state index in [4.69, 9.17) is 9.90 Å². The van der Waals surface area contributed by atoms with Crippen molar-refractivity contribution in [1.82, 2.24) is 0 Å². The van der Waals surface area contributed by atoms with E-state index in [1.54, 1.807) is 0 Å². The fraction of sp³-hybridized carbons (Fsp3) is 0.125. The van der Waals surface area contributed by atoms with E-state index in [-0.39, 0.29) is 6.15 Å². The summed E-state index contributed by atoms with van der Waals surface area (Å²) in [6, 6.07) is 10.6. The number of rotatable bonds is 0. The van der Waals surface area contributed by atoms with Crippen molar-refractivity contribution < 1.29 is 36.0 Å². The number of hydrogen-bond donors (Lipinski definition) is 0. The molecule has 0 amide bonds. The molecule has 0 atom stereocenters. The average molecular weight is 353 g/mol. The third kappa shape index (κ3) is 12.3. The first-order chi connectivity index (χ1) is 5.13. The van der Waals surface area contributed by atoms with Crippen LogP contribution < -0.4 is 8.18 Å². The number of nitrogens with two attached hydrogens (primary N) is 1. The second-order valence-corrected chi connectivity index (χ2v) is 5.15. The molecule has 4 heteroatoms. The molecule has 3 nitrogen and oxygen atoms in total. The summed E-state index contributed by atoms with van der Waals surface area (Å²) in [5.41, 5.74) is 0. The Bertz CT molecular complexity index is 210. The van der Waals surface area contributed by atoms with Gasteiger partial charge in [-0.15, -0.1) is 0 Å². The Labute approximate surface area is 88.3 Å². The minimum atomic E-state index is -1.08. The predicted octanol–water partition coefficient (Wildman–Crippen LogP) is 0.332. The van der Waals surface area contributed by atoms with Crippen molar-refractivity contribution in [3.05, 3.63) is 36.5 Å². The van der Waals surface area contributed by atoms with E-state index >= 15 is 0 Å². The molecule has 2 N–H and O–H groups in total. The van der Waals surface area contributed by atoms with Gasteiger partial charge in [0.25, 0.3) is 0 Å². The van der Waals surface area contributed by atoms with Gasteiger partial charge in [0.05, 0.1) is 0 Å². The van der Waals surface area contributed by atoms with Crippen LogP contribution in [0.4, 0.5) is 0 Å². The molecule has 0 spiro atoms. The fourth-order valence-electron chi connectivity index (χ4n) is 0.478. The van der Waals surface area contributed by atoms with Crippen molar-refractivity contribution in [3.63, 3.8) is 0 Å². The van der Waals surface area contributed by atoms with Crippen molar-refractivity contribution in [2.24, 2.45) is 0 Å². The van der Waals surface area contributed by atoms with Gasteiger partial charge in [0.15, 0.2) is 0 Å². The first kappa shape index (κ1) is 14.1. The van der Waals surface area contributed by atoms with E-state index in [9.17, 15) is 0 Å². The molecular formula is C8H10HgNO2-. The number of benzene rings is 1. The number of aliphatic carboxylic acids is 1. The van der Waals surface area contributed by atoms with Gasteiger partial charge in [-0.1, -0.05) is 0 Å². The Morgan fingerprint density at radius 1 is 1.33 bits per heavy atom. The SMILES string of the molecule is CC(=O)[O-].[Hg+][c]1ccccc1.[NH2-]. The van der Waals surface area contributed by atoms with Gasteiger partial charge < -0.3 is 16.1 Å². The van der Waals surface area contributed by atoms with E-state index in [1.165, 1.54) is 3.07 Å². The van der Waals surface area contributed by atoms with Crippen molar-refractivity contribution in [2.45, 2.75) is 6.92 Å². The van der Waals surface area contributed by atoms with Gasteiger partial charge in [0.2, 0.25) is 0 Å². The molecule has 1 aromatic rings. The van der Waals surface area contributed by atoms with Crippen LogP contribution in [0.15, 0.2) is 30.3 Å². The molecule has 0 aliphatic carbocycles. The zero-order valence-electron chi connectivity index (χ0n) is 6.99. The van der Waals surface area contributed by atoms with Crippen LogP contribution in [0.1, 0.15) is 6.92 Å². The van der Waals surface area contributed by atoms with Crippen LogP contribution in [0.5, 0.6) is 0 Å². The molecule has 1 aromatic carbocycles. The summed E-state index contributed by atoms with van der Waals surface area (Å²) in [4.78, 5) is 8.89. The molecule has 0 fully saturated rings. The maximum atomic E-state index is 8.89. The summed E-state index contributed by atoms with van der Waals surface area (Å²) in [6.07, 6.45) is 0. The Morgan fingerprint density at radius 2 is 1.67 bits per heavy atom. The van der Waals surface area contributed by atoms with Crippen molar-refractivity contribution in [2.75, 3.05) is 0 Å². The third-order valence-corrected chi connectivity index (χ3v) is 2.68. The first-order valence-electron chi connectivity index (χ1n) is 3.17. The molecule has 12 heavy (non-hydrogen) atoms. The van der Waals surface area contributed by atoms with Gasteiger partial charge in [0.1, 0.15) is 0 Å². The van der Waals surface area contributed by atoms with Gasteiger partial charge in [-0.25, -0.2) is 0 Å². The zero-order valence-corrected chi connectivity index (χ0v) is 12.5. The average Bonchev–Trinajstić information content (AvgIpc) is 1.87. The fourth-order valence-corrected chi connectivity index (χ4v) is 1.54. The van der Waals surface area contributed by atoms with Crippen LogP contribution in [0.3, 0.4) is 0 Å². The number of carbonyl (C=O) groups excluding carboxylic acids is 1. The maximum Gasteiger partial charge on any atom is -0.693 e. The van der Waals surface area contributed by atoms with Crippen molar-refractivity contribution >= 4 is 9.04 Å². The standard InChI is InChI=1S/C6H5.C2H4O2.Hg.H2N/c1-2-4-6-5-3-1;1-2(3)4;;/h1-5H;1H3,(H,3,4);;1H2/q;;+1;-1/p-1. The minimum absolute atomic E-state index is 0. The van der Waals surface area contributed by atoms with Crippen LogP contribution in [-0.4, -0.2) is 5.97 Å². The van der Waals surface area contributed by atoms with Crippen LogP contribution >= 0.6 is 0 Å². The molecule has 0 heterocycles. The van der Waals surface area contributed by atoms with E-state index < -0.39 is 5.97 Å². The molecule has 0 aromatic heterocycles. The summed E-state index contributed by atoms with van der Waals surface area (Å²) in [5.74, 6) is -1.08. The van der Waals surface area contributed by atoms with E-state index in [1.807, 2.05) is 0 Å². The molecular weight excluding hydrogens is 343 g/mol. The van der Waals surface area contributed by atoms with Crippen LogP contribution in [0.2, 0.25) is 0 Å². The number of hydrogen-bond acceptors (Lipinski definition) is 2. The molecule has 0 bridgehead atoms. The summed E-state index contributed by atoms with van der Waals surface area (Å²) in [5, 5.41) is 8.89. The molecule has 1 rings (SSSR count). The molecule has 62 valence electrons. The quantitative estimate of drug-likeness (QED) is 0.631. The monoisotopic (exact) mass is 354 g/mol. The van der Waals surface area contributed by atoms with Crippen LogP contribution in [-0.2, 0) is 30.9 Å². The maximum absolute atomic E-state index is 8.89. The van der Waals surface area contributed by atoms with Gasteiger partial charge in [-0.05, 0) is 6.92 Å². The van der Waals surface area contributed by atoms with E-state index in [2.05, 4.69) is 30.3 Å². The van der Waals surface area contributed by atoms with Gasteiger partial charge in [0, 0.05) is 5.97 Å². The summed E-state index contributed by atoms with van der Waals surface area (Å²) < 4.78 is 1.52. The van der Waals surface area contributed by atoms with Gasteiger partial charge in [-0.3, -0.25) is 0 Å².